The van der Waals surface area contributed by atoms with Crippen LogP contribution in [0.4, 0.5) is 0 Å². The summed E-state index contributed by atoms with van der Waals surface area (Å²) in [6.07, 6.45) is 1.46. The number of rotatable bonds is 2. The SMILES string of the molecule is O=C(Cl)CC1CCOC1. The minimum absolute atomic E-state index is 0.245. The topological polar surface area (TPSA) is 26.3 Å². The van der Waals surface area contributed by atoms with Gasteiger partial charge in [-0.2, -0.15) is 0 Å². The second-order valence-electron chi connectivity index (χ2n) is 2.29. The Kier molecular flexibility index (Phi) is 2.49. The molecule has 0 aromatic heterocycles. The molecule has 0 bridgehead atoms. The zero-order valence-corrected chi connectivity index (χ0v) is 5.86. The number of carbonyl (C=O) groups is 1. The molecule has 0 N–H and O–H groups in total. The van der Waals surface area contributed by atoms with Gasteiger partial charge in [-0.25, -0.2) is 0 Å². The third-order valence-electron chi connectivity index (χ3n) is 1.47. The maximum atomic E-state index is 10.3. The average Bonchev–Trinajstić information content (AvgIpc) is 2.15. The summed E-state index contributed by atoms with van der Waals surface area (Å²) in [6.45, 7) is 1.49. The first kappa shape index (κ1) is 7.03. The van der Waals surface area contributed by atoms with Crippen LogP contribution >= 0.6 is 11.6 Å². The summed E-state index contributed by atoms with van der Waals surface area (Å²) in [7, 11) is 0. The molecule has 0 aliphatic carbocycles. The van der Waals surface area contributed by atoms with Crippen LogP contribution in [-0.2, 0) is 9.53 Å². The Hall–Kier alpha value is -0.0800. The van der Waals surface area contributed by atoms with Crippen molar-refractivity contribution in [3.63, 3.8) is 0 Å². The molecule has 1 aliphatic rings. The highest BCUT2D eigenvalue weighted by atomic mass is 35.5. The second kappa shape index (κ2) is 3.18. The summed E-state index contributed by atoms with van der Waals surface area (Å²) in [5, 5.41) is -0.245. The Balaban J connectivity index is 2.19. The third kappa shape index (κ3) is 2.33. The molecule has 0 aromatic rings. The normalized spacial score (nSPS) is 26.6. The maximum absolute atomic E-state index is 10.3. The molecule has 52 valence electrons. The molecular weight excluding hydrogens is 140 g/mol. The van der Waals surface area contributed by atoms with Crippen LogP contribution < -0.4 is 0 Å². The van der Waals surface area contributed by atoms with Crippen molar-refractivity contribution < 1.29 is 9.53 Å². The second-order valence-corrected chi connectivity index (χ2v) is 2.71. The molecule has 0 amide bonds. The van der Waals surface area contributed by atoms with Crippen LogP contribution in [0.25, 0.3) is 0 Å². The van der Waals surface area contributed by atoms with E-state index in [1.54, 1.807) is 0 Å². The van der Waals surface area contributed by atoms with Crippen molar-refractivity contribution >= 4 is 16.8 Å². The molecule has 1 fully saturated rings. The molecule has 1 atom stereocenters. The van der Waals surface area contributed by atoms with Gasteiger partial charge in [0, 0.05) is 19.6 Å². The van der Waals surface area contributed by atoms with E-state index in [4.69, 9.17) is 16.3 Å². The van der Waals surface area contributed by atoms with E-state index < -0.39 is 0 Å². The largest absolute Gasteiger partial charge is 0.381 e. The van der Waals surface area contributed by atoms with Crippen LogP contribution in [0.5, 0.6) is 0 Å². The minimum atomic E-state index is -0.245. The quantitative estimate of drug-likeness (QED) is 0.550. The molecule has 2 nitrogen and oxygen atoms in total. The molecule has 1 unspecified atom stereocenters. The zero-order valence-electron chi connectivity index (χ0n) is 5.10. The fourth-order valence-electron chi connectivity index (χ4n) is 0.971. The zero-order chi connectivity index (χ0) is 6.69. The lowest BCUT2D eigenvalue weighted by molar-refractivity contribution is -0.112. The first-order valence-corrected chi connectivity index (χ1v) is 3.43. The highest BCUT2D eigenvalue weighted by Gasteiger charge is 2.17. The highest BCUT2D eigenvalue weighted by molar-refractivity contribution is 6.63. The molecule has 0 saturated carbocycles. The van der Waals surface area contributed by atoms with Gasteiger partial charge in [0.25, 0.3) is 0 Å². The summed E-state index contributed by atoms with van der Waals surface area (Å²) < 4.78 is 5.05. The van der Waals surface area contributed by atoms with E-state index in [2.05, 4.69) is 0 Å². The van der Waals surface area contributed by atoms with E-state index in [1.807, 2.05) is 0 Å². The number of halogens is 1. The number of carbonyl (C=O) groups excluding carboxylic acids is 1. The van der Waals surface area contributed by atoms with Gasteiger partial charge in [0.15, 0.2) is 0 Å². The number of hydrogen-bond acceptors (Lipinski definition) is 2. The Morgan fingerprint density at radius 1 is 1.78 bits per heavy atom. The van der Waals surface area contributed by atoms with Crippen molar-refractivity contribution in [3.8, 4) is 0 Å². The van der Waals surface area contributed by atoms with Crippen molar-refractivity contribution in [3.05, 3.63) is 0 Å². The Morgan fingerprint density at radius 3 is 3.00 bits per heavy atom. The van der Waals surface area contributed by atoms with Gasteiger partial charge in [0.1, 0.15) is 0 Å². The Bertz CT molecular complexity index is 108. The van der Waals surface area contributed by atoms with Crippen LogP contribution in [0.3, 0.4) is 0 Å². The maximum Gasteiger partial charge on any atom is 0.221 e. The lowest BCUT2D eigenvalue weighted by Gasteiger charge is -1.99. The van der Waals surface area contributed by atoms with Crippen LogP contribution in [0.2, 0.25) is 0 Å². The first-order valence-electron chi connectivity index (χ1n) is 3.05. The third-order valence-corrected chi connectivity index (χ3v) is 1.63. The number of hydrogen-bond donors (Lipinski definition) is 0. The molecule has 1 rings (SSSR count). The van der Waals surface area contributed by atoms with Gasteiger partial charge in [-0.1, -0.05) is 0 Å². The first-order chi connectivity index (χ1) is 4.29. The minimum Gasteiger partial charge on any atom is -0.381 e. The molecule has 3 heteroatoms. The van der Waals surface area contributed by atoms with Crippen LogP contribution in [0, 0.1) is 5.92 Å². The average molecular weight is 149 g/mol. The summed E-state index contributed by atoms with van der Waals surface area (Å²) in [5.74, 6) is 0.384. The molecule has 1 saturated heterocycles. The van der Waals surface area contributed by atoms with Gasteiger partial charge in [-0.3, -0.25) is 4.79 Å². The van der Waals surface area contributed by atoms with Crippen LogP contribution in [0.1, 0.15) is 12.8 Å². The van der Waals surface area contributed by atoms with E-state index in [1.165, 1.54) is 0 Å². The fraction of sp³-hybridized carbons (Fsp3) is 0.833. The smallest absolute Gasteiger partial charge is 0.221 e. The molecular formula is C6H9ClO2. The Labute approximate surface area is 59.1 Å². The van der Waals surface area contributed by atoms with Gasteiger partial charge in [0.05, 0.1) is 0 Å². The van der Waals surface area contributed by atoms with Gasteiger partial charge in [0.2, 0.25) is 5.24 Å². The van der Waals surface area contributed by atoms with E-state index >= 15 is 0 Å². The lowest BCUT2D eigenvalue weighted by atomic mass is 10.1. The highest BCUT2D eigenvalue weighted by Crippen LogP contribution is 2.16. The molecule has 1 heterocycles. The van der Waals surface area contributed by atoms with E-state index in [0.717, 1.165) is 13.0 Å². The predicted molar refractivity (Wildman–Crippen MR) is 34.4 cm³/mol. The van der Waals surface area contributed by atoms with Gasteiger partial charge < -0.3 is 4.74 Å². The molecule has 1 aliphatic heterocycles. The summed E-state index contributed by atoms with van der Waals surface area (Å²) in [4.78, 5) is 10.3. The molecule has 9 heavy (non-hydrogen) atoms. The van der Waals surface area contributed by atoms with Crippen molar-refractivity contribution in [1.29, 1.82) is 0 Å². The fourth-order valence-corrected chi connectivity index (χ4v) is 1.19. The summed E-state index contributed by atoms with van der Waals surface area (Å²) in [5.41, 5.74) is 0. The molecule has 0 aromatic carbocycles. The van der Waals surface area contributed by atoms with E-state index in [0.29, 0.717) is 18.9 Å². The lowest BCUT2D eigenvalue weighted by Crippen LogP contribution is -2.02. The monoisotopic (exact) mass is 148 g/mol. The van der Waals surface area contributed by atoms with Crippen molar-refractivity contribution in [2.75, 3.05) is 13.2 Å². The van der Waals surface area contributed by atoms with Crippen molar-refractivity contribution in [2.45, 2.75) is 12.8 Å². The molecule has 0 radical (unpaired) electrons. The van der Waals surface area contributed by atoms with Crippen LogP contribution in [-0.4, -0.2) is 18.5 Å². The van der Waals surface area contributed by atoms with E-state index in [-0.39, 0.29) is 5.24 Å². The predicted octanol–water partition coefficient (Wildman–Crippen LogP) is 1.18. The van der Waals surface area contributed by atoms with Crippen LogP contribution in [0.15, 0.2) is 0 Å². The van der Waals surface area contributed by atoms with Gasteiger partial charge in [-0.15, -0.1) is 0 Å². The van der Waals surface area contributed by atoms with E-state index in [9.17, 15) is 4.79 Å². The van der Waals surface area contributed by atoms with Crippen molar-refractivity contribution in [2.24, 2.45) is 5.92 Å². The standard InChI is InChI=1S/C6H9ClO2/c7-6(8)3-5-1-2-9-4-5/h5H,1-4H2. The van der Waals surface area contributed by atoms with Gasteiger partial charge >= 0.3 is 0 Å². The van der Waals surface area contributed by atoms with Gasteiger partial charge in [-0.05, 0) is 23.9 Å². The summed E-state index contributed by atoms with van der Waals surface area (Å²) >= 11 is 5.16. The Morgan fingerprint density at radius 2 is 2.56 bits per heavy atom. The van der Waals surface area contributed by atoms with Crippen molar-refractivity contribution in [1.82, 2.24) is 0 Å². The number of ether oxygens (including phenoxy) is 1. The summed E-state index contributed by atoms with van der Waals surface area (Å²) in [6, 6.07) is 0. The molecule has 0 spiro atoms.